The lowest BCUT2D eigenvalue weighted by Gasteiger charge is -2.36. The smallest absolute Gasteiger partial charge is 0.258 e. The van der Waals surface area contributed by atoms with Crippen molar-refractivity contribution in [2.24, 2.45) is 5.41 Å². The molecule has 2 fully saturated rings. The van der Waals surface area contributed by atoms with Crippen LogP contribution in [0, 0.1) is 12.3 Å². The third-order valence-corrected chi connectivity index (χ3v) is 8.63. The van der Waals surface area contributed by atoms with Crippen LogP contribution in [0.4, 0.5) is 4.39 Å². The highest BCUT2D eigenvalue weighted by molar-refractivity contribution is 7.13. The summed E-state index contributed by atoms with van der Waals surface area (Å²) in [6, 6.07) is 4.65. The van der Waals surface area contributed by atoms with Crippen LogP contribution in [-0.4, -0.2) is 76.1 Å². The Labute approximate surface area is 243 Å². The van der Waals surface area contributed by atoms with Crippen molar-refractivity contribution >= 4 is 35.0 Å². The third kappa shape index (κ3) is 6.92. The fraction of sp³-hybridized carbons (Fsp3) is 0.552. The molecule has 0 spiro atoms. The molecule has 2 heterocycles. The second-order valence-corrected chi connectivity index (χ2v) is 12.8. The molecule has 1 aromatic heterocycles. The first-order chi connectivity index (χ1) is 19.2. The number of benzene rings is 1. The molecule has 1 saturated carbocycles. The highest BCUT2D eigenvalue weighted by Gasteiger charge is 2.53. The summed E-state index contributed by atoms with van der Waals surface area (Å²) in [6.45, 7) is 7.04. The van der Waals surface area contributed by atoms with E-state index in [0.29, 0.717) is 5.56 Å². The lowest BCUT2D eigenvalue weighted by atomic mass is 9.85. The Bertz CT molecular complexity index is 1300. The number of β-amino-alcohol motifs (C(OH)–C–C–N with tert-alkyl or cyclic N) is 1. The van der Waals surface area contributed by atoms with E-state index in [2.05, 4.69) is 20.9 Å². The van der Waals surface area contributed by atoms with Crippen LogP contribution in [0.25, 0.3) is 10.4 Å². The Kier molecular flexibility index (Phi) is 8.84. The fourth-order valence-corrected chi connectivity index (χ4v) is 5.78. The number of aryl methyl sites for hydroxylation is 1. The van der Waals surface area contributed by atoms with Crippen LogP contribution in [0.2, 0.25) is 0 Å². The summed E-state index contributed by atoms with van der Waals surface area (Å²) in [4.78, 5) is 58.8. The topological polar surface area (TPSA) is 141 Å². The van der Waals surface area contributed by atoms with Gasteiger partial charge in [-0.05, 0) is 36.3 Å². The van der Waals surface area contributed by atoms with Gasteiger partial charge in [0.05, 0.1) is 34.6 Å². The first kappa shape index (κ1) is 30.6. The van der Waals surface area contributed by atoms with Crippen LogP contribution in [0.1, 0.15) is 63.8 Å². The molecule has 1 aliphatic heterocycles. The molecule has 4 N–H and O–H groups in total. The van der Waals surface area contributed by atoms with E-state index in [9.17, 15) is 28.7 Å². The molecule has 1 saturated heterocycles. The fourth-order valence-electron chi connectivity index (χ4n) is 4.97. The quantitative estimate of drug-likeness (QED) is 0.355. The van der Waals surface area contributed by atoms with Crippen molar-refractivity contribution in [1.82, 2.24) is 25.8 Å². The number of amides is 4. The average Bonchev–Trinajstić information content (AvgIpc) is 3.33. The first-order valence-corrected chi connectivity index (χ1v) is 14.6. The predicted molar refractivity (Wildman–Crippen MR) is 152 cm³/mol. The number of rotatable bonds is 9. The number of carbonyl (C=O) groups excluding carboxylic acids is 4. The molecule has 1 aliphatic carbocycles. The molecule has 0 bridgehead atoms. The van der Waals surface area contributed by atoms with Crippen LogP contribution in [0.15, 0.2) is 29.8 Å². The molecule has 4 atom stereocenters. The summed E-state index contributed by atoms with van der Waals surface area (Å²) in [5.74, 6) is -2.23. The Balaban J connectivity index is 1.54. The summed E-state index contributed by atoms with van der Waals surface area (Å²) in [7, 11) is 1.51. The monoisotopic (exact) mass is 587 g/mol. The van der Waals surface area contributed by atoms with Gasteiger partial charge >= 0.3 is 0 Å². The number of carbonyl (C=O) groups is 4. The number of nitrogens with one attached hydrogen (secondary N) is 3. The van der Waals surface area contributed by atoms with Gasteiger partial charge < -0.3 is 26.0 Å². The van der Waals surface area contributed by atoms with Gasteiger partial charge in [0.25, 0.3) is 5.91 Å². The number of aliphatic hydroxyl groups excluding tert-OH is 1. The zero-order valence-corrected chi connectivity index (χ0v) is 24.8. The van der Waals surface area contributed by atoms with E-state index in [1.54, 1.807) is 26.3 Å². The first-order valence-electron chi connectivity index (χ1n) is 13.7. The third-order valence-electron chi connectivity index (χ3n) is 7.65. The minimum absolute atomic E-state index is 0.00822. The van der Waals surface area contributed by atoms with E-state index in [1.807, 2.05) is 31.2 Å². The SMILES string of the molecule is CNC(=O)CC(NC(=O)C1CC(O)CN1C(=O)C(NC(=O)C1(F)CC1)C(C)(C)C)c1ccc(-c2scnc2C)cc1. The minimum Gasteiger partial charge on any atom is -0.391 e. The van der Waals surface area contributed by atoms with Gasteiger partial charge in [-0.3, -0.25) is 19.2 Å². The largest absolute Gasteiger partial charge is 0.391 e. The van der Waals surface area contributed by atoms with Crippen LogP contribution in [-0.2, 0) is 19.2 Å². The number of halogens is 1. The van der Waals surface area contributed by atoms with Crippen LogP contribution >= 0.6 is 11.3 Å². The molecular formula is C29H38FN5O5S. The number of hydrogen-bond donors (Lipinski definition) is 4. The molecular weight excluding hydrogens is 549 g/mol. The Hall–Kier alpha value is -3.38. The van der Waals surface area contributed by atoms with Crippen molar-refractivity contribution in [1.29, 1.82) is 0 Å². The number of aromatic nitrogens is 1. The van der Waals surface area contributed by atoms with Gasteiger partial charge in [0.1, 0.15) is 12.1 Å². The number of aliphatic hydroxyl groups is 1. The number of hydrogen-bond acceptors (Lipinski definition) is 7. The molecule has 10 nitrogen and oxygen atoms in total. The Morgan fingerprint density at radius 3 is 2.37 bits per heavy atom. The van der Waals surface area contributed by atoms with E-state index in [4.69, 9.17) is 0 Å². The number of likely N-dealkylation sites (tertiary alicyclic amines) is 1. The lowest BCUT2D eigenvalue weighted by Crippen LogP contribution is -2.59. The van der Waals surface area contributed by atoms with Crippen molar-refractivity contribution in [2.45, 2.75) is 83.3 Å². The minimum atomic E-state index is -1.97. The van der Waals surface area contributed by atoms with Gasteiger partial charge in [-0.15, -0.1) is 11.3 Å². The predicted octanol–water partition coefficient (Wildman–Crippen LogP) is 2.41. The summed E-state index contributed by atoms with van der Waals surface area (Å²) < 4.78 is 14.4. The molecule has 4 unspecified atom stereocenters. The van der Waals surface area contributed by atoms with Crippen molar-refractivity contribution in [3.8, 4) is 10.4 Å². The summed E-state index contributed by atoms with van der Waals surface area (Å²) in [5.41, 5.74) is 1.59. The molecule has 41 heavy (non-hydrogen) atoms. The van der Waals surface area contributed by atoms with E-state index in [-0.39, 0.29) is 38.1 Å². The van der Waals surface area contributed by atoms with Gasteiger partial charge in [0.2, 0.25) is 17.7 Å². The molecule has 2 aliphatic rings. The highest BCUT2D eigenvalue weighted by Crippen LogP contribution is 2.40. The second-order valence-electron chi connectivity index (χ2n) is 12.0. The van der Waals surface area contributed by atoms with E-state index < -0.39 is 53.0 Å². The maximum Gasteiger partial charge on any atom is 0.258 e. The second kappa shape index (κ2) is 11.8. The van der Waals surface area contributed by atoms with Crippen LogP contribution < -0.4 is 16.0 Å². The molecule has 222 valence electrons. The van der Waals surface area contributed by atoms with E-state index >= 15 is 0 Å². The molecule has 12 heteroatoms. The molecule has 0 radical (unpaired) electrons. The van der Waals surface area contributed by atoms with E-state index in [1.165, 1.54) is 23.3 Å². The molecule has 4 amide bonds. The van der Waals surface area contributed by atoms with Crippen molar-refractivity contribution in [3.05, 3.63) is 41.0 Å². The standard InChI is InChI=1S/C29H38FN5O5S/c1-16-23(41-15-32-16)18-8-6-17(7-9-18)20(13-22(37)31-5)33-25(38)21-12-19(36)14-35(21)26(39)24(28(2,3)4)34-27(40)29(30)10-11-29/h6-9,15,19-21,24,36H,10-14H2,1-5H3,(H,31,37)(H,33,38)(H,34,40). The summed E-state index contributed by atoms with van der Waals surface area (Å²) in [5, 5.41) is 18.5. The van der Waals surface area contributed by atoms with Gasteiger partial charge in [0, 0.05) is 20.0 Å². The van der Waals surface area contributed by atoms with Gasteiger partial charge in [-0.2, -0.15) is 0 Å². The highest BCUT2D eigenvalue weighted by atomic mass is 32.1. The van der Waals surface area contributed by atoms with Crippen LogP contribution in [0.3, 0.4) is 0 Å². The molecule has 1 aromatic carbocycles. The molecule has 4 rings (SSSR count). The van der Waals surface area contributed by atoms with Crippen molar-refractivity contribution in [3.63, 3.8) is 0 Å². The van der Waals surface area contributed by atoms with Gasteiger partial charge in [-0.1, -0.05) is 45.0 Å². The van der Waals surface area contributed by atoms with Gasteiger partial charge in [-0.25, -0.2) is 9.37 Å². The van der Waals surface area contributed by atoms with Gasteiger partial charge in [0.15, 0.2) is 5.67 Å². The van der Waals surface area contributed by atoms with Crippen LogP contribution in [0.5, 0.6) is 0 Å². The van der Waals surface area contributed by atoms with Crippen molar-refractivity contribution in [2.75, 3.05) is 13.6 Å². The zero-order chi connectivity index (χ0) is 30.1. The Morgan fingerprint density at radius 2 is 1.83 bits per heavy atom. The number of thiazole rings is 1. The van der Waals surface area contributed by atoms with Crippen molar-refractivity contribution < 1.29 is 28.7 Å². The normalized spacial score (nSPS) is 21.1. The number of nitrogens with zero attached hydrogens (tertiary/aromatic N) is 2. The molecule has 2 aromatic rings. The Morgan fingerprint density at radius 1 is 1.17 bits per heavy atom. The number of alkyl halides is 1. The lowest BCUT2D eigenvalue weighted by molar-refractivity contribution is -0.145. The summed E-state index contributed by atoms with van der Waals surface area (Å²) >= 11 is 1.52. The average molecular weight is 588 g/mol. The zero-order valence-electron chi connectivity index (χ0n) is 24.0. The maximum absolute atomic E-state index is 14.4. The van der Waals surface area contributed by atoms with E-state index in [0.717, 1.165) is 16.1 Å². The maximum atomic E-state index is 14.4. The summed E-state index contributed by atoms with van der Waals surface area (Å²) in [6.07, 6.45) is -0.791.